The first-order valence-corrected chi connectivity index (χ1v) is 16.4. The number of esters is 1. The van der Waals surface area contributed by atoms with Gasteiger partial charge in [-0.25, -0.2) is 4.98 Å². The van der Waals surface area contributed by atoms with Crippen LogP contribution in [0.25, 0.3) is 11.2 Å². The average molecular weight is 616 g/mol. The van der Waals surface area contributed by atoms with Crippen molar-refractivity contribution in [2.45, 2.75) is 129 Å². The van der Waals surface area contributed by atoms with Crippen LogP contribution in [0.15, 0.2) is 6.33 Å². The molecule has 0 saturated carbocycles. The smallest absolute Gasteiger partial charge is 0.327 e. The SMILES string of the molecule is C#C[C@@](CO)(CC[C@@H](CCCCCCCCCC)n1cnc2c(NC(=O)CCCCC)nc(F)nc21)C(=O)OC1CCOC1. The maximum Gasteiger partial charge on any atom is 0.327 e. The van der Waals surface area contributed by atoms with E-state index in [2.05, 4.69) is 40.0 Å². The normalized spacial score (nSPS) is 16.8. The molecule has 3 atom stereocenters. The van der Waals surface area contributed by atoms with Gasteiger partial charge in [-0.05, 0) is 25.7 Å². The van der Waals surface area contributed by atoms with Crippen LogP contribution in [0.1, 0.15) is 123 Å². The summed E-state index contributed by atoms with van der Waals surface area (Å²) >= 11 is 0. The number of carbonyl (C=O) groups is 2. The van der Waals surface area contributed by atoms with Crippen molar-refractivity contribution in [3.63, 3.8) is 0 Å². The number of nitrogens with one attached hydrogen (secondary N) is 1. The number of aliphatic hydroxyl groups is 1. The molecule has 3 rings (SSSR count). The minimum absolute atomic E-state index is 0.0364. The van der Waals surface area contributed by atoms with Crippen molar-refractivity contribution >= 4 is 28.9 Å². The molecule has 0 bridgehead atoms. The molecule has 1 unspecified atom stereocenters. The number of nitrogens with zero attached hydrogens (tertiary/aromatic N) is 4. The number of imidazole rings is 1. The highest BCUT2D eigenvalue weighted by Gasteiger charge is 2.40. The molecule has 44 heavy (non-hydrogen) atoms. The fraction of sp³-hybridized carbons (Fsp3) is 0.727. The number of fused-ring (bicyclic) bond motifs is 1. The molecule has 1 aliphatic rings. The van der Waals surface area contributed by atoms with Crippen molar-refractivity contribution in [3.05, 3.63) is 12.4 Å². The van der Waals surface area contributed by atoms with Crippen LogP contribution in [0.5, 0.6) is 0 Å². The number of ether oxygens (including phenoxy) is 2. The number of amides is 1. The molecule has 11 heteroatoms. The lowest BCUT2D eigenvalue weighted by Gasteiger charge is -2.28. The Labute approximate surface area is 260 Å². The third-order valence-electron chi connectivity index (χ3n) is 8.45. The number of unbranched alkanes of at least 4 members (excludes halogenated alkanes) is 9. The number of anilines is 1. The van der Waals surface area contributed by atoms with E-state index in [4.69, 9.17) is 15.9 Å². The number of terminal acetylenes is 1. The van der Waals surface area contributed by atoms with Crippen LogP contribution in [0.3, 0.4) is 0 Å². The summed E-state index contributed by atoms with van der Waals surface area (Å²) in [5.41, 5.74) is -0.969. The largest absolute Gasteiger partial charge is 0.459 e. The minimum Gasteiger partial charge on any atom is -0.459 e. The monoisotopic (exact) mass is 615 g/mol. The first-order chi connectivity index (χ1) is 21.4. The predicted molar refractivity (Wildman–Crippen MR) is 167 cm³/mol. The van der Waals surface area contributed by atoms with Crippen molar-refractivity contribution in [1.82, 2.24) is 19.5 Å². The molecule has 3 heterocycles. The topological polar surface area (TPSA) is 128 Å². The standard InChI is InChI=1S/C33H50FN5O5/c1-4-7-9-10-11-12-13-15-16-25(18-20-33(6-3,23-40)31(42)44-26-19-21-43-22-26)39-24-35-28-29(37-32(34)38-30(28)39)36-27(41)17-14-8-5-2/h3,24-26,40H,4-5,7-23H2,1-2H3,(H,36,37,38,41)/t25-,26?,33+/m1/s1. The molecule has 10 nitrogen and oxygen atoms in total. The van der Waals surface area contributed by atoms with Crippen molar-refractivity contribution in [2.75, 3.05) is 25.1 Å². The van der Waals surface area contributed by atoms with Crippen LogP contribution in [-0.4, -0.2) is 62.4 Å². The van der Waals surface area contributed by atoms with E-state index in [-0.39, 0.29) is 35.9 Å². The summed E-state index contributed by atoms with van der Waals surface area (Å²) in [5, 5.41) is 13.0. The van der Waals surface area contributed by atoms with Gasteiger partial charge in [-0.3, -0.25) is 9.59 Å². The summed E-state index contributed by atoms with van der Waals surface area (Å²) in [7, 11) is 0. The average Bonchev–Trinajstić information content (AvgIpc) is 3.68. The second-order valence-electron chi connectivity index (χ2n) is 11.9. The quantitative estimate of drug-likeness (QED) is 0.0727. The summed E-state index contributed by atoms with van der Waals surface area (Å²) in [5.74, 6) is 1.66. The highest BCUT2D eigenvalue weighted by atomic mass is 19.1. The molecule has 1 amide bonds. The van der Waals surface area contributed by atoms with Gasteiger partial charge in [0.15, 0.2) is 22.4 Å². The Morgan fingerprint density at radius 3 is 2.50 bits per heavy atom. The van der Waals surface area contributed by atoms with Crippen molar-refractivity contribution in [3.8, 4) is 12.3 Å². The van der Waals surface area contributed by atoms with Crippen molar-refractivity contribution < 1.29 is 28.6 Å². The Morgan fingerprint density at radius 2 is 1.84 bits per heavy atom. The highest BCUT2D eigenvalue weighted by molar-refractivity contribution is 5.96. The number of hydrogen-bond donors (Lipinski definition) is 2. The first kappa shape index (κ1) is 35.4. The molecule has 2 aromatic rings. The zero-order chi connectivity index (χ0) is 31.8. The molecule has 0 aromatic carbocycles. The molecular weight excluding hydrogens is 565 g/mol. The summed E-state index contributed by atoms with van der Waals surface area (Å²) in [4.78, 5) is 38.0. The molecule has 0 aliphatic carbocycles. The van der Waals surface area contributed by atoms with Crippen LogP contribution >= 0.6 is 0 Å². The number of halogens is 1. The van der Waals surface area contributed by atoms with E-state index < -0.39 is 24.1 Å². The molecule has 1 saturated heterocycles. The van der Waals surface area contributed by atoms with E-state index in [1.54, 1.807) is 10.9 Å². The number of aromatic nitrogens is 4. The Hall–Kier alpha value is -3.10. The third-order valence-corrected chi connectivity index (χ3v) is 8.45. The summed E-state index contributed by atoms with van der Waals surface area (Å²) in [6, 6.07) is -0.246. The van der Waals surface area contributed by atoms with Gasteiger partial charge in [0.05, 0.1) is 26.1 Å². The fourth-order valence-corrected chi connectivity index (χ4v) is 5.62. The van der Waals surface area contributed by atoms with E-state index in [0.29, 0.717) is 44.4 Å². The van der Waals surface area contributed by atoms with Crippen molar-refractivity contribution in [2.24, 2.45) is 5.41 Å². The van der Waals surface area contributed by atoms with Crippen molar-refractivity contribution in [1.29, 1.82) is 0 Å². The maximum atomic E-state index is 14.7. The fourth-order valence-electron chi connectivity index (χ4n) is 5.62. The highest BCUT2D eigenvalue weighted by Crippen LogP contribution is 2.34. The molecule has 0 spiro atoms. The van der Waals surface area contributed by atoms with Gasteiger partial charge in [-0.2, -0.15) is 14.4 Å². The third kappa shape index (κ3) is 10.2. The van der Waals surface area contributed by atoms with Gasteiger partial charge in [0, 0.05) is 18.9 Å². The summed E-state index contributed by atoms with van der Waals surface area (Å²) < 4.78 is 27.4. The Morgan fingerprint density at radius 1 is 1.14 bits per heavy atom. The second-order valence-corrected chi connectivity index (χ2v) is 11.9. The lowest BCUT2D eigenvalue weighted by atomic mass is 9.82. The van der Waals surface area contributed by atoms with Crippen LogP contribution < -0.4 is 5.32 Å². The Kier molecular flexibility index (Phi) is 15.0. The van der Waals surface area contributed by atoms with Crippen LogP contribution in [0.4, 0.5) is 10.2 Å². The van der Waals surface area contributed by atoms with Gasteiger partial charge in [0.1, 0.15) is 6.10 Å². The number of rotatable bonds is 21. The second kappa shape index (κ2) is 18.6. The number of hydrogen-bond acceptors (Lipinski definition) is 8. The first-order valence-electron chi connectivity index (χ1n) is 16.4. The maximum absolute atomic E-state index is 14.7. The van der Waals surface area contributed by atoms with Crippen LogP contribution in [0, 0.1) is 23.8 Å². The predicted octanol–water partition coefficient (Wildman–Crippen LogP) is 6.28. The lowest BCUT2D eigenvalue weighted by molar-refractivity contribution is -0.160. The van der Waals surface area contributed by atoms with E-state index in [1.807, 2.05) is 0 Å². The van der Waals surface area contributed by atoms with Gasteiger partial charge < -0.3 is 24.5 Å². The summed E-state index contributed by atoms with van der Waals surface area (Å²) in [6.45, 7) is 4.52. The number of aliphatic hydroxyl groups excluding tert-OH is 1. The molecule has 1 aliphatic heterocycles. The molecule has 2 aromatic heterocycles. The molecule has 2 N–H and O–H groups in total. The van der Waals surface area contributed by atoms with Gasteiger partial charge >= 0.3 is 12.0 Å². The van der Waals surface area contributed by atoms with Gasteiger partial charge in [-0.1, -0.05) is 84.0 Å². The van der Waals surface area contributed by atoms with Crippen LogP contribution in [-0.2, 0) is 19.1 Å². The molecule has 244 valence electrons. The van der Waals surface area contributed by atoms with E-state index in [0.717, 1.165) is 38.5 Å². The molecule has 1 fully saturated rings. The molecule has 0 radical (unpaired) electrons. The van der Waals surface area contributed by atoms with Gasteiger partial charge in [0.2, 0.25) is 5.91 Å². The minimum atomic E-state index is -1.52. The van der Waals surface area contributed by atoms with E-state index in [9.17, 15) is 19.1 Å². The summed E-state index contributed by atoms with van der Waals surface area (Å²) in [6.07, 6.45) is 20.0. The van der Waals surface area contributed by atoms with Gasteiger partial charge in [-0.15, -0.1) is 6.42 Å². The van der Waals surface area contributed by atoms with Crippen LogP contribution in [0.2, 0.25) is 0 Å². The van der Waals surface area contributed by atoms with Gasteiger partial charge in [0.25, 0.3) is 0 Å². The zero-order valence-electron chi connectivity index (χ0n) is 26.5. The zero-order valence-corrected chi connectivity index (χ0v) is 26.5. The molecular formula is C33H50FN5O5. The number of carbonyl (C=O) groups excluding carboxylic acids is 2. The lowest BCUT2D eigenvalue weighted by Crippen LogP contribution is -2.38. The van der Waals surface area contributed by atoms with E-state index >= 15 is 0 Å². The Balaban J connectivity index is 1.80. The Bertz CT molecular complexity index is 1230. The van der Waals surface area contributed by atoms with E-state index in [1.165, 1.54) is 32.1 Å².